The predicted molar refractivity (Wildman–Crippen MR) is 118 cm³/mol. The maximum absolute atomic E-state index is 12.8. The van der Waals surface area contributed by atoms with Crippen LogP contribution in [0.25, 0.3) is 6.08 Å². The Kier molecular flexibility index (Phi) is 6.26. The highest BCUT2D eigenvalue weighted by atomic mass is 16.6. The highest BCUT2D eigenvalue weighted by Crippen LogP contribution is 2.36. The van der Waals surface area contributed by atoms with Gasteiger partial charge in [0, 0.05) is 5.92 Å². The Morgan fingerprint density at radius 2 is 1.50 bits per heavy atom. The Hall–Kier alpha value is -3.37. The van der Waals surface area contributed by atoms with Crippen molar-refractivity contribution in [1.82, 2.24) is 4.90 Å². The molecule has 3 aromatic rings. The third kappa shape index (κ3) is 4.61. The molecule has 30 heavy (non-hydrogen) atoms. The minimum Gasteiger partial charge on any atom is -0.410 e. The maximum atomic E-state index is 12.8. The van der Waals surface area contributed by atoms with Crippen molar-refractivity contribution in [2.24, 2.45) is 5.92 Å². The normalized spacial score (nSPS) is 20.7. The molecule has 4 heteroatoms. The summed E-state index contributed by atoms with van der Waals surface area (Å²) in [6.45, 7) is 0. The van der Waals surface area contributed by atoms with Crippen LogP contribution in [0, 0.1) is 5.92 Å². The lowest BCUT2D eigenvalue weighted by atomic mass is 9.81. The Labute approximate surface area is 177 Å². The van der Waals surface area contributed by atoms with Crippen LogP contribution in [0.15, 0.2) is 97.1 Å². The summed E-state index contributed by atoms with van der Waals surface area (Å²) in [5, 5.41) is 10.8. The minimum atomic E-state index is -0.865. The van der Waals surface area contributed by atoms with Gasteiger partial charge in [0.15, 0.2) is 0 Å². The molecule has 4 rings (SSSR count). The third-order valence-electron chi connectivity index (χ3n) is 5.48. The molecule has 3 aromatic carbocycles. The van der Waals surface area contributed by atoms with Crippen LogP contribution < -0.4 is 4.74 Å². The molecule has 0 radical (unpaired) electrons. The molecule has 1 aliphatic heterocycles. The van der Waals surface area contributed by atoms with Crippen molar-refractivity contribution in [2.45, 2.75) is 25.1 Å². The molecular formula is C26H25NO3. The van der Waals surface area contributed by atoms with Gasteiger partial charge in [-0.25, -0.2) is 4.79 Å². The van der Waals surface area contributed by atoms with Crippen molar-refractivity contribution in [3.8, 4) is 5.75 Å². The number of ether oxygens (including phenoxy) is 1. The molecular weight excluding hydrogens is 374 g/mol. The van der Waals surface area contributed by atoms with Crippen molar-refractivity contribution >= 4 is 12.2 Å². The van der Waals surface area contributed by atoms with Gasteiger partial charge in [-0.05, 0) is 36.1 Å². The van der Waals surface area contributed by atoms with Crippen LogP contribution in [0.2, 0.25) is 0 Å². The number of nitrogens with zero attached hydrogens (tertiary/aromatic N) is 1. The largest absolute Gasteiger partial charge is 0.417 e. The van der Waals surface area contributed by atoms with Gasteiger partial charge in [-0.1, -0.05) is 91.0 Å². The van der Waals surface area contributed by atoms with Crippen molar-refractivity contribution in [3.05, 3.63) is 108 Å². The average molecular weight is 399 g/mol. The summed E-state index contributed by atoms with van der Waals surface area (Å²) >= 11 is 0. The van der Waals surface area contributed by atoms with Gasteiger partial charge in [0.2, 0.25) is 0 Å². The molecule has 0 spiro atoms. The van der Waals surface area contributed by atoms with Crippen molar-refractivity contribution in [3.63, 3.8) is 0 Å². The van der Waals surface area contributed by atoms with Crippen LogP contribution in [-0.2, 0) is 6.42 Å². The van der Waals surface area contributed by atoms with E-state index in [-0.39, 0.29) is 12.0 Å². The van der Waals surface area contributed by atoms with E-state index in [1.165, 1.54) is 10.5 Å². The monoisotopic (exact) mass is 399 g/mol. The standard InChI is InChI=1S/C26H25NO3/c28-25-23(18-16-20-10-4-1-5-11-20)24(19-17-21-12-6-2-7-13-21)27(25)26(29)30-22-14-8-3-9-15-22/h1-15,17,19,23-25,28H,16,18H2/b19-17+/t23-,24-,25?/m0/s1. The average Bonchev–Trinajstić information content (AvgIpc) is 2.78. The quantitative estimate of drug-likeness (QED) is 0.624. The van der Waals surface area contributed by atoms with Gasteiger partial charge < -0.3 is 9.84 Å². The van der Waals surface area contributed by atoms with Gasteiger partial charge in [0.1, 0.15) is 12.0 Å². The summed E-state index contributed by atoms with van der Waals surface area (Å²) in [5.74, 6) is 0.418. The van der Waals surface area contributed by atoms with E-state index < -0.39 is 12.3 Å². The lowest BCUT2D eigenvalue weighted by Crippen LogP contribution is -2.65. The van der Waals surface area contributed by atoms with Crippen LogP contribution in [-0.4, -0.2) is 28.4 Å². The number of hydrogen-bond donors (Lipinski definition) is 1. The zero-order chi connectivity index (χ0) is 20.8. The molecule has 1 fully saturated rings. The lowest BCUT2D eigenvalue weighted by Gasteiger charge is -2.50. The molecule has 4 nitrogen and oxygen atoms in total. The van der Waals surface area contributed by atoms with Crippen LogP contribution >= 0.6 is 0 Å². The second-order valence-electron chi connectivity index (χ2n) is 7.45. The minimum absolute atomic E-state index is 0.0477. The second kappa shape index (κ2) is 9.42. The second-order valence-corrected chi connectivity index (χ2v) is 7.45. The van der Waals surface area contributed by atoms with Crippen LogP contribution in [0.4, 0.5) is 4.79 Å². The SMILES string of the molecule is O=C(Oc1ccccc1)N1C(O)[C@@H](CCc2ccccc2)[C@@H]1/C=C/c1ccccc1. The van der Waals surface area contributed by atoms with Gasteiger partial charge in [-0.2, -0.15) is 0 Å². The third-order valence-corrected chi connectivity index (χ3v) is 5.48. The highest BCUT2D eigenvalue weighted by molar-refractivity contribution is 5.73. The number of carbonyl (C=O) groups is 1. The molecule has 1 unspecified atom stereocenters. The van der Waals surface area contributed by atoms with Crippen molar-refractivity contribution in [2.75, 3.05) is 0 Å². The molecule has 1 heterocycles. The number of rotatable bonds is 6. The summed E-state index contributed by atoms with van der Waals surface area (Å²) in [7, 11) is 0. The molecule has 0 aromatic heterocycles. The molecule has 1 N–H and O–H groups in total. The maximum Gasteiger partial charge on any atom is 0.417 e. The molecule has 3 atom stereocenters. The van der Waals surface area contributed by atoms with Crippen molar-refractivity contribution in [1.29, 1.82) is 0 Å². The first-order valence-corrected chi connectivity index (χ1v) is 10.2. The zero-order valence-electron chi connectivity index (χ0n) is 16.7. The first kappa shape index (κ1) is 19.9. The number of benzene rings is 3. The van der Waals surface area contributed by atoms with Crippen LogP contribution in [0.3, 0.4) is 0 Å². The van der Waals surface area contributed by atoms with Gasteiger partial charge >= 0.3 is 6.09 Å². The highest BCUT2D eigenvalue weighted by Gasteiger charge is 2.49. The van der Waals surface area contributed by atoms with Crippen LogP contribution in [0.1, 0.15) is 17.5 Å². The van der Waals surface area contributed by atoms with E-state index in [1.807, 2.05) is 78.9 Å². The van der Waals surface area contributed by atoms with E-state index in [0.717, 1.165) is 18.4 Å². The van der Waals surface area contributed by atoms with Gasteiger partial charge in [-0.15, -0.1) is 0 Å². The summed E-state index contributed by atoms with van der Waals surface area (Å²) in [6, 6.07) is 28.9. The first-order chi connectivity index (χ1) is 14.7. The number of likely N-dealkylation sites (tertiary alicyclic amines) is 1. The van der Waals surface area contributed by atoms with E-state index >= 15 is 0 Å². The lowest BCUT2D eigenvalue weighted by molar-refractivity contribution is -0.137. The number of carbonyl (C=O) groups excluding carboxylic acids is 1. The number of hydrogen-bond acceptors (Lipinski definition) is 3. The van der Waals surface area contributed by atoms with Gasteiger partial charge in [0.25, 0.3) is 0 Å². The van der Waals surface area contributed by atoms with E-state index in [1.54, 1.807) is 12.1 Å². The fourth-order valence-electron chi connectivity index (χ4n) is 3.84. The number of aliphatic hydroxyl groups excluding tert-OH is 1. The van der Waals surface area contributed by atoms with Crippen LogP contribution in [0.5, 0.6) is 5.75 Å². The summed E-state index contributed by atoms with van der Waals surface area (Å²) in [5.41, 5.74) is 2.28. The van der Waals surface area contributed by atoms with Gasteiger partial charge in [-0.3, -0.25) is 4.90 Å². The molecule has 0 saturated carbocycles. The van der Waals surface area contributed by atoms with Gasteiger partial charge in [0.05, 0.1) is 6.04 Å². The molecule has 1 amide bonds. The predicted octanol–water partition coefficient (Wildman–Crippen LogP) is 5.15. The topological polar surface area (TPSA) is 49.8 Å². The van der Waals surface area contributed by atoms with E-state index in [0.29, 0.717) is 5.75 Å². The van der Waals surface area contributed by atoms with E-state index in [9.17, 15) is 9.90 Å². The molecule has 1 saturated heterocycles. The summed E-state index contributed by atoms with van der Waals surface area (Å²) < 4.78 is 5.48. The fraction of sp³-hybridized carbons (Fsp3) is 0.192. The summed E-state index contributed by atoms with van der Waals surface area (Å²) in [6.07, 6.45) is 4.21. The van der Waals surface area contributed by atoms with Crippen molar-refractivity contribution < 1.29 is 14.6 Å². The number of aliphatic hydroxyl groups is 1. The smallest absolute Gasteiger partial charge is 0.410 e. The molecule has 152 valence electrons. The molecule has 0 aliphatic carbocycles. The van der Waals surface area contributed by atoms with E-state index in [4.69, 9.17) is 4.74 Å². The number of amides is 1. The number of para-hydroxylation sites is 1. The fourth-order valence-corrected chi connectivity index (χ4v) is 3.84. The Morgan fingerprint density at radius 3 is 2.17 bits per heavy atom. The Morgan fingerprint density at radius 1 is 0.900 bits per heavy atom. The Balaban J connectivity index is 1.49. The number of aryl methyl sites for hydroxylation is 1. The van der Waals surface area contributed by atoms with E-state index in [2.05, 4.69) is 12.1 Å². The summed E-state index contributed by atoms with van der Waals surface area (Å²) in [4.78, 5) is 14.2. The molecule has 1 aliphatic rings. The zero-order valence-corrected chi connectivity index (χ0v) is 16.7. The Bertz CT molecular complexity index is 973. The molecule has 0 bridgehead atoms. The first-order valence-electron chi connectivity index (χ1n) is 10.2.